The van der Waals surface area contributed by atoms with Gasteiger partial charge in [-0.3, -0.25) is 9.59 Å². The molecule has 32 heavy (non-hydrogen) atoms. The lowest BCUT2D eigenvalue weighted by Gasteiger charge is -2.31. The molecule has 1 N–H and O–H groups in total. The van der Waals surface area contributed by atoms with Gasteiger partial charge in [0.25, 0.3) is 11.8 Å². The minimum absolute atomic E-state index is 0.00939. The van der Waals surface area contributed by atoms with E-state index in [1.54, 1.807) is 11.0 Å². The van der Waals surface area contributed by atoms with Crippen LogP contribution in [0.2, 0.25) is 0 Å². The van der Waals surface area contributed by atoms with Gasteiger partial charge in [-0.1, -0.05) is 56.7 Å². The van der Waals surface area contributed by atoms with Gasteiger partial charge in [0.15, 0.2) is 6.61 Å². The number of hydrogen-bond acceptors (Lipinski definition) is 3. The number of nitrogens with one attached hydrogen (secondary N) is 1. The Labute approximate surface area is 189 Å². The highest BCUT2D eigenvalue weighted by atomic mass is 16.5. The number of carbonyl (C=O) groups is 2. The predicted molar refractivity (Wildman–Crippen MR) is 127 cm³/mol. The van der Waals surface area contributed by atoms with E-state index < -0.39 is 0 Å². The number of fused-ring (bicyclic) bond motifs is 1. The van der Waals surface area contributed by atoms with Crippen LogP contribution in [0.3, 0.4) is 0 Å². The monoisotopic (exact) mass is 428 g/mol. The van der Waals surface area contributed by atoms with Gasteiger partial charge in [0.05, 0.1) is 12.2 Å². The van der Waals surface area contributed by atoms with E-state index in [1.807, 2.05) is 67.6 Å². The molecule has 3 aromatic rings. The van der Waals surface area contributed by atoms with Crippen molar-refractivity contribution >= 4 is 23.2 Å². The van der Waals surface area contributed by atoms with Crippen molar-refractivity contribution in [3.63, 3.8) is 0 Å². The molecule has 5 nitrogen and oxygen atoms in total. The summed E-state index contributed by atoms with van der Waals surface area (Å²) in [5.74, 6) is 0.420. The van der Waals surface area contributed by atoms with Crippen LogP contribution in [0.15, 0.2) is 66.7 Å². The third-order valence-electron chi connectivity index (χ3n) is 5.61. The zero-order valence-electron chi connectivity index (χ0n) is 18.9. The summed E-state index contributed by atoms with van der Waals surface area (Å²) in [6, 6.07) is 21.1. The lowest BCUT2D eigenvalue weighted by molar-refractivity contribution is -0.121. The molecule has 0 aliphatic carbocycles. The summed E-state index contributed by atoms with van der Waals surface area (Å²) in [6.45, 7) is 8.80. The highest BCUT2D eigenvalue weighted by Crippen LogP contribution is 2.37. The summed E-state index contributed by atoms with van der Waals surface area (Å²) < 4.78 is 5.65. The van der Waals surface area contributed by atoms with E-state index >= 15 is 0 Å². The van der Waals surface area contributed by atoms with Crippen molar-refractivity contribution in [2.24, 2.45) is 0 Å². The van der Waals surface area contributed by atoms with Gasteiger partial charge >= 0.3 is 0 Å². The minimum Gasteiger partial charge on any atom is -0.482 e. The Morgan fingerprint density at radius 2 is 1.78 bits per heavy atom. The summed E-state index contributed by atoms with van der Waals surface area (Å²) in [7, 11) is 0. The topological polar surface area (TPSA) is 58.6 Å². The third kappa shape index (κ3) is 4.67. The Morgan fingerprint density at radius 3 is 2.50 bits per heavy atom. The number of carbonyl (C=O) groups excluding carboxylic acids is 2. The van der Waals surface area contributed by atoms with Crippen molar-refractivity contribution in [2.75, 3.05) is 16.8 Å². The molecule has 1 heterocycles. The third-order valence-corrected chi connectivity index (χ3v) is 5.61. The van der Waals surface area contributed by atoms with Crippen molar-refractivity contribution in [3.05, 3.63) is 89.0 Å². The van der Waals surface area contributed by atoms with Crippen molar-refractivity contribution in [1.82, 2.24) is 0 Å². The number of hydrogen-bond donors (Lipinski definition) is 1. The number of amides is 2. The van der Waals surface area contributed by atoms with Gasteiger partial charge in [-0.2, -0.15) is 0 Å². The van der Waals surface area contributed by atoms with Gasteiger partial charge in [-0.25, -0.2) is 0 Å². The van der Waals surface area contributed by atoms with Crippen molar-refractivity contribution in [3.8, 4) is 5.75 Å². The number of anilines is 2. The second-order valence-corrected chi connectivity index (χ2v) is 9.22. The summed E-state index contributed by atoms with van der Waals surface area (Å²) in [5.41, 5.74) is 5.16. The number of rotatable bonds is 4. The van der Waals surface area contributed by atoms with E-state index in [-0.39, 0.29) is 23.8 Å². The van der Waals surface area contributed by atoms with Crippen LogP contribution >= 0.6 is 0 Å². The Kier molecular flexibility index (Phi) is 5.74. The SMILES string of the molecule is Cc1ccc(NC(=O)c2cccc(CN3C(=O)COc4ccc(C(C)(C)C)cc43)c2)cc1. The van der Waals surface area contributed by atoms with Crippen molar-refractivity contribution in [1.29, 1.82) is 0 Å². The average molecular weight is 429 g/mol. The first-order valence-electron chi connectivity index (χ1n) is 10.8. The number of benzene rings is 3. The Balaban J connectivity index is 1.58. The zero-order chi connectivity index (χ0) is 22.9. The molecule has 4 rings (SSSR count). The van der Waals surface area contributed by atoms with Gasteiger partial charge < -0.3 is 15.0 Å². The maximum absolute atomic E-state index is 12.7. The molecular formula is C27H28N2O3. The molecule has 0 fully saturated rings. The van der Waals surface area contributed by atoms with E-state index in [2.05, 4.69) is 26.1 Å². The fourth-order valence-electron chi connectivity index (χ4n) is 3.68. The molecule has 5 heteroatoms. The van der Waals surface area contributed by atoms with Crippen LogP contribution in [0.25, 0.3) is 0 Å². The first kappa shape index (κ1) is 21.6. The summed E-state index contributed by atoms with van der Waals surface area (Å²) >= 11 is 0. The second-order valence-electron chi connectivity index (χ2n) is 9.22. The largest absolute Gasteiger partial charge is 0.482 e. The fraction of sp³-hybridized carbons (Fsp3) is 0.259. The van der Waals surface area contributed by atoms with Crippen molar-refractivity contribution < 1.29 is 14.3 Å². The Bertz CT molecular complexity index is 1160. The maximum atomic E-state index is 12.7. The minimum atomic E-state index is -0.181. The van der Waals surface area contributed by atoms with Crippen LogP contribution in [-0.2, 0) is 16.8 Å². The van der Waals surface area contributed by atoms with E-state index in [9.17, 15) is 9.59 Å². The highest BCUT2D eigenvalue weighted by Gasteiger charge is 2.27. The van der Waals surface area contributed by atoms with Gasteiger partial charge in [-0.15, -0.1) is 0 Å². The molecule has 1 aliphatic rings. The molecule has 3 aromatic carbocycles. The predicted octanol–water partition coefficient (Wildman–Crippen LogP) is 5.47. The van der Waals surface area contributed by atoms with Crippen LogP contribution in [-0.4, -0.2) is 18.4 Å². The number of aryl methyl sites for hydroxylation is 1. The second kappa shape index (κ2) is 8.50. The summed E-state index contributed by atoms with van der Waals surface area (Å²) in [6.07, 6.45) is 0. The first-order valence-corrected chi connectivity index (χ1v) is 10.8. The standard InChI is InChI=1S/C27H28N2O3/c1-18-8-11-22(12-9-18)28-26(31)20-7-5-6-19(14-20)16-29-23-15-21(27(2,3)4)10-13-24(23)32-17-25(29)30/h5-15H,16-17H2,1-4H3,(H,28,31). The molecule has 0 saturated carbocycles. The first-order chi connectivity index (χ1) is 15.2. The van der Waals surface area contributed by atoms with Crippen molar-refractivity contribution in [2.45, 2.75) is 39.7 Å². The lowest BCUT2D eigenvalue weighted by atomic mass is 9.86. The van der Waals surface area contributed by atoms with E-state index in [1.165, 1.54) is 0 Å². The molecule has 1 aliphatic heterocycles. The normalized spacial score (nSPS) is 13.4. The molecular weight excluding hydrogens is 400 g/mol. The maximum Gasteiger partial charge on any atom is 0.265 e. The molecule has 0 spiro atoms. The van der Waals surface area contributed by atoms with Crippen LogP contribution in [0.5, 0.6) is 5.75 Å². The van der Waals surface area contributed by atoms with Crippen LogP contribution < -0.4 is 15.0 Å². The van der Waals surface area contributed by atoms with Gasteiger partial charge in [0.1, 0.15) is 5.75 Å². The zero-order valence-corrected chi connectivity index (χ0v) is 18.9. The fourth-order valence-corrected chi connectivity index (χ4v) is 3.68. The van der Waals surface area contributed by atoms with E-state index in [4.69, 9.17) is 4.74 Å². The van der Waals surface area contributed by atoms with Crippen LogP contribution in [0.1, 0.15) is 47.8 Å². The smallest absolute Gasteiger partial charge is 0.265 e. The van der Waals surface area contributed by atoms with Gasteiger partial charge in [0.2, 0.25) is 0 Å². The molecule has 2 amide bonds. The molecule has 0 radical (unpaired) electrons. The Hall–Kier alpha value is -3.60. The summed E-state index contributed by atoms with van der Waals surface area (Å²) in [4.78, 5) is 27.2. The summed E-state index contributed by atoms with van der Waals surface area (Å²) in [5, 5.41) is 2.93. The molecule has 0 atom stereocenters. The highest BCUT2D eigenvalue weighted by molar-refractivity contribution is 6.04. The van der Waals surface area contributed by atoms with Gasteiger partial charge in [0, 0.05) is 11.3 Å². The van der Waals surface area contributed by atoms with Crippen LogP contribution in [0, 0.1) is 6.92 Å². The van der Waals surface area contributed by atoms with E-state index in [0.29, 0.717) is 17.9 Å². The van der Waals surface area contributed by atoms with Crippen LogP contribution in [0.4, 0.5) is 11.4 Å². The van der Waals surface area contributed by atoms with Gasteiger partial charge in [-0.05, 0) is 59.9 Å². The average Bonchev–Trinajstić information content (AvgIpc) is 2.76. The number of nitrogens with zero attached hydrogens (tertiary/aromatic N) is 1. The molecule has 0 aromatic heterocycles. The molecule has 0 saturated heterocycles. The Morgan fingerprint density at radius 1 is 1.03 bits per heavy atom. The molecule has 0 bridgehead atoms. The van der Waals surface area contributed by atoms with E-state index in [0.717, 1.165) is 28.1 Å². The molecule has 164 valence electrons. The quantitative estimate of drug-likeness (QED) is 0.599. The number of ether oxygens (including phenoxy) is 1. The molecule has 0 unspecified atom stereocenters. The lowest BCUT2D eigenvalue weighted by Crippen LogP contribution is -2.38.